The quantitative estimate of drug-likeness (QED) is 0.692. The van der Waals surface area contributed by atoms with E-state index in [9.17, 15) is 5.11 Å². The Balaban J connectivity index is 2.59. The number of rotatable bonds is 8. The van der Waals surface area contributed by atoms with Gasteiger partial charge in [0.05, 0.1) is 6.10 Å². The molecule has 0 amide bonds. The number of thioether (sulfide) groups is 1. The molecule has 1 unspecified atom stereocenters. The van der Waals surface area contributed by atoms with Gasteiger partial charge in [-0.3, -0.25) is 0 Å². The van der Waals surface area contributed by atoms with Gasteiger partial charge in [-0.15, -0.1) is 0 Å². The van der Waals surface area contributed by atoms with E-state index >= 15 is 0 Å². The van der Waals surface area contributed by atoms with Crippen LogP contribution in [0.15, 0.2) is 12.1 Å². The van der Waals surface area contributed by atoms with Crippen LogP contribution in [0.4, 0.5) is 0 Å². The number of aryl methyl sites for hydroxylation is 2. The molecule has 126 valence electrons. The van der Waals surface area contributed by atoms with Crippen LogP contribution in [-0.2, 0) is 5.41 Å². The maximum atomic E-state index is 10.0. The van der Waals surface area contributed by atoms with Gasteiger partial charge in [-0.1, -0.05) is 46.2 Å². The van der Waals surface area contributed by atoms with E-state index in [-0.39, 0.29) is 5.41 Å². The van der Waals surface area contributed by atoms with Crippen LogP contribution >= 0.6 is 11.8 Å². The van der Waals surface area contributed by atoms with Gasteiger partial charge < -0.3 is 9.84 Å². The number of unbranched alkanes of at least 4 members (excludes halogenated alkanes) is 1. The number of aliphatic hydroxyl groups is 1. The molecule has 1 rings (SSSR count). The van der Waals surface area contributed by atoms with Crippen LogP contribution in [0.3, 0.4) is 0 Å². The molecule has 0 aliphatic heterocycles. The monoisotopic (exact) mass is 324 g/mol. The first-order valence-corrected chi connectivity index (χ1v) is 9.41. The summed E-state index contributed by atoms with van der Waals surface area (Å²) in [6, 6.07) is 4.40. The summed E-state index contributed by atoms with van der Waals surface area (Å²) in [7, 11) is 0. The van der Waals surface area contributed by atoms with Gasteiger partial charge in [0, 0.05) is 5.75 Å². The molecule has 0 aliphatic rings. The van der Waals surface area contributed by atoms with Crippen molar-refractivity contribution in [2.24, 2.45) is 0 Å². The topological polar surface area (TPSA) is 29.5 Å². The molecule has 0 aliphatic carbocycles. The first-order valence-electron chi connectivity index (χ1n) is 8.26. The van der Waals surface area contributed by atoms with Gasteiger partial charge in [0.25, 0.3) is 0 Å². The molecule has 0 saturated carbocycles. The highest BCUT2D eigenvalue weighted by molar-refractivity contribution is 7.99. The van der Waals surface area contributed by atoms with E-state index in [4.69, 9.17) is 4.74 Å². The maximum Gasteiger partial charge on any atom is 0.125 e. The van der Waals surface area contributed by atoms with Crippen molar-refractivity contribution in [3.05, 3.63) is 28.8 Å². The van der Waals surface area contributed by atoms with E-state index in [0.717, 1.165) is 28.4 Å². The molecule has 3 heteroatoms. The zero-order valence-electron chi connectivity index (χ0n) is 15.0. The van der Waals surface area contributed by atoms with Crippen LogP contribution in [-0.4, -0.2) is 29.3 Å². The Kier molecular flexibility index (Phi) is 7.78. The molecular weight excluding hydrogens is 292 g/mol. The van der Waals surface area contributed by atoms with Crippen molar-refractivity contribution in [3.63, 3.8) is 0 Å². The van der Waals surface area contributed by atoms with Gasteiger partial charge in [0.1, 0.15) is 12.4 Å². The fourth-order valence-corrected chi connectivity index (χ4v) is 3.33. The molecule has 1 N–H and O–H groups in total. The molecule has 0 saturated heterocycles. The summed E-state index contributed by atoms with van der Waals surface area (Å²) in [5.41, 5.74) is 3.76. The SMILES string of the molecule is CCCCSCC(O)COc1c(C)cc(C(C)(C)C)cc1C. The lowest BCUT2D eigenvalue weighted by Crippen LogP contribution is -2.21. The van der Waals surface area contributed by atoms with Crippen molar-refractivity contribution in [1.82, 2.24) is 0 Å². The van der Waals surface area contributed by atoms with Gasteiger partial charge in [-0.2, -0.15) is 11.8 Å². The average Bonchev–Trinajstić information content (AvgIpc) is 2.41. The van der Waals surface area contributed by atoms with Crippen molar-refractivity contribution in [2.45, 2.75) is 65.9 Å². The fraction of sp³-hybridized carbons (Fsp3) is 0.684. The lowest BCUT2D eigenvalue weighted by molar-refractivity contribution is 0.125. The minimum absolute atomic E-state index is 0.142. The third-order valence-electron chi connectivity index (χ3n) is 3.70. The smallest absolute Gasteiger partial charge is 0.125 e. The summed E-state index contributed by atoms with van der Waals surface area (Å²) < 4.78 is 5.89. The highest BCUT2D eigenvalue weighted by Crippen LogP contribution is 2.31. The van der Waals surface area contributed by atoms with Gasteiger partial charge in [0.15, 0.2) is 0 Å². The van der Waals surface area contributed by atoms with Gasteiger partial charge >= 0.3 is 0 Å². The van der Waals surface area contributed by atoms with Crippen molar-refractivity contribution in [1.29, 1.82) is 0 Å². The average molecular weight is 325 g/mol. The summed E-state index contributed by atoms with van der Waals surface area (Å²) in [4.78, 5) is 0. The lowest BCUT2D eigenvalue weighted by Gasteiger charge is -2.23. The summed E-state index contributed by atoms with van der Waals surface area (Å²) in [6.07, 6.45) is 2.02. The summed E-state index contributed by atoms with van der Waals surface area (Å²) in [5.74, 6) is 2.79. The predicted molar refractivity (Wildman–Crippen MR) is 98.4 cm³/mol. The third kappa shape index (κ3) is 6.21. The second-order valence-electron chi connectivity index (χ2n) is 7.08. The Morgan fingerprint density at radius 2 is 1.77 bits per heavy atom. The lowest BCUT2D eigenvalue weighted by atomic mass is 9.85. The molecule has 2 nitrogen and oxygen atoms in total. The van der Waals surface area contributed by atoms with E-state index < -0.39 is 6.10 Å². The van der Waals surface area contributed by atoms with E-state index in [0.29, 0.717) is 6.61 Å². The Bertz CT molecular complexity index is 440. The predicted octanol–water partition coefficient (Wildman–Crippen LogP) is 4.87. The normalized spacial score (nSPS) is 13.2. The Morgan fingerprint density at radius 3 is 2.27 bits per heavy atom. The van der Waals surface area contributed by atoms with Crippen molar-refractivity contribution in [3.8, 4) is 5.75 Å². The number of benzene rings is 1. The largest absolute Gasteiger partial charge is 0.490 e. The zero-order chi connectivity index (χ0) is 16.8. The Hall–Kier alpha value is -0.670. The van der Waals surface area contributed by atoms with E-state index in [1.54, 1.807) is 11.8 Å². The number of hydrogen-bond donors (Lipinski definition) is 1. The summed E-state index contributed by atoms with van der Waals surface area (Å²) in [6.45, 7) is 13.4. The van der Waals surface area contributed by atoms with Crippen LogP contribution in [0.2, 0.25) is 0 Å². The standard InChI is InChI=1S/C19H32O2S/c1-7-8-9-22-13-17(20)12-21-18-14(2)10-16(11-15(18)3)19(4,5)6/h10-11,17,20H,7-9,12-13H2,1-6H3. The minimum Gasteiger partial charge on any atom is -0.490 e. The van der Waals surface area contributed by atoms with Crippen LogP contribution in [0.1, 0.15) is 57.2 Å². The van der Waals surface area contributed by atoms with Gasteiger partial charge in [-0.05, 0) is 48.1 Å². The molecule has 1 atom stereocenters. The van der Waals surface area contributed by atoms with Gasteiger partial charge in [-0.25, -0.2) is 0 Å². The molecule has 0 radical (unpaired) electrons. The Labute approximate surface area is 140 Å². The molecule has 0 bridgehead atoms. The molecule has 0 fully saturated rings. The zero-order valence-corrected chi connectivity index (χ0v) is 15.8. The van der Waals surface area contributed by atoms with Crippen LogP contribution < -0.4 is 4.74 Å². The molecule has 22 heavy (non-hydrogen) atoms. The van der Waals surface area contributed by atoms with E-state index in [1.807, 2.05) is 0 Å². The van der Waals surface area contributed by atoms with Crippen LogP contribution in [0.5, 0.6) is 5.75 Å². The van der Waals surface area contributed by atoms with E-state index in [2.05, 4.69) is 53.7 Å². The second-order valence-corrected chi connectivity index (χ2v) is 8.23. The first-order chi connectivity index (χ1) is 10.3. The molecular formula is C19H32O2S. The highest BCUT2D eigenvalue weighted by Gasteiger charge is 2.17. The van der Waals surface area contributed by atoms with E-state index in [1.165, 1.54) is 18.4 Å². The first kappa shape index (κ1) is 19.4. The van der Waals surface area contributed by atoms with Crippen molar-refractivity contribution < 1.29 is 9.84 Å². The van der Waals surface area contributed by atoms with Crippen LogP contribution in [0.25, 0.3) is 0 Å². The summed E-state index contributed by atoms with van der Waals surface area (Å²) in [5, 5.41) is 10.0. The number of aliphatic hydroxyl groups excluding tert-OH is 1. The molecule has 0 heterocycles. The molecule has 0 spiro atoms. The second kappa shape index (κ2) is 8.83. The summed E-state index contributed by atoms with van der Waals surface area (Å²) >= 11 is 1.81. The van der Waals surface area contributed by atoms with Crippen molar-refractivity contribution in [2.75, 3.05) is 18.1 Å². The Morgan fingerprint density at radius 1 is 1.18 bits per heavy atom. The number of hydrogen-bond acceptors (Lipinski definition) is 3. The number of ether oxygens (including phenoxy) is 1. The third-order valence-corrected chi connectivity index (χ3v) is 4.90. The minimum atomic E-state index is -0.400. The molecule has 0 aromatic heterocycles. The molecule has 1 aromatic rings. The fourth-order valence-electron chi connectivity index (χ4n) is 2.30. The highest BCUT2D eigenvalue weighted by atomic mass is 32.2. The van der Waals surface area contributed by atoms with Crippen LogP contribution in [0, 0.1) is 13.8 Å². The van der Waals surface area contributed by atoms with Gasteiger partial charge in [0.2, 0.25) is 0 Å². The molecule has 1 aromatic carbocycles. The van der Waals surface area contributed by atoms with Crippen molar-refractivity contribution >= 4 is 11.8 Å². The maximum absolute atomic E-state index is 10.0.